The maximum Gasteiger partial charge on any atom is 0.416 e. The van der Waals surface area contributed by atoms with Crippen molar-refractivity contribution < 1.29 is 42.0 Å². The molecular formula is C20H11Br2F3N2O7S. The van der Waals surface area contributed by atoms with Crippen LogP contribution >= 0.6 is 43.6 Å². The highest BCUT2D eigenvalue weighted by molar-refractivity contribution is 9.11. The van der Waals surface area contributed by atoms with Crippen LogP contribution in [0.3, 0.4) is 0 Å². The molecule has 184 valence electrons. The highest BCUT2D eigenvalue weighted by atomic mass is 79.9. The molecule has 1 saturated heterocycles. The first-order chi connectivity index (χ1) is 16.3. The van der Waals surface area contributed by atoms with Crippen molar-refractivity contribution in [1.29, 1.82) is 0 Å². The maximum absolute atomic E-state index is 12.9. The second-order valence-corrected chi connectivity index (χ2v) is 9.40. The molecule has 9 nitrogen and oxygen atoms in total. The summed E-state index contributed by atoms with van der Waals surface area (Å²) in [6.45, 7) is -0.537. The van der Waals surface area contributed by atoms with Crippen LogP contribution in [-0.2, 0) is 20.5 Å². The predicted molar refractivity (Wildman–Crippen MR) is 125 cm³/mol. The first-order valence-electron chi connectivity index (χ1n) is 9.16. The van der Waals surface area contributed by atoms with Crippen molar-refractivity contribution in [3.63, 3.8) is 0 Å². The molecule has 0 N–H and O–H groups in total. The molecular weight excluding hydrogens is 629 g/mol. The Balaban J connectivity index is 1.91. The number of nitro groups is 1. The molecule has 1 fully saturated rings. The number of thioether (sulfide) groups is 1. The fourth-order valence-electron chi connectivity index (χ4n) is 2.77. The third kappa shape index (κ3) is 6.02. The van der Waals surface area contributed by atoms with Gasteiger partial charge in [0, 0.05) is 6.07 Å². The third-order valence-corrected chi connectivity index (χ3v) is 6.49. The zero-order valence-corrected chi connectivity index (χ0v) is 21.2. The Morgan fingerprint density at radius 3 is 2.37 bits per heavy atom. The van der Waals surface area contributed by atoms with Gasteiger partial charge in [0.1, 0.15) is 6.54 Å². The molecule has 1 aliphatic heterocycles. The zero-order chi connectivity index (χ0) is 26.1. The van der Waals surface area contributed by atoms with Gasteiger partial charge in [-0.2, -0.15) is 13.2 Å². The number of benzene rings is 2. The van der Waals surface area contributed by atoms with Crippen LogP contribution in [0.2, 0.25) is 0 Å². The van der Waals surface area contributed by atoms with Crippen LogP contribution in [0, 0.1) is 10.1 Å². The van der Waals surface area contributed by atoms with Crippen molar-refractivity contribution in [3.8, 4) is 11.5 Å². The average molecular weight is 640 g/mol. The zero-order valence-electron chi connectivity index (χ0n) is 17.2. The van der Waals surface area contributed by atoms with E-state index >= 15 is 0 Å². The number of methoxy groups -OCH3 is 1. The van der Waals surface area contributed by atoms with Crippen LogP contribution in [0.5, 0.6) is 11.5 Å². The molecule has 35 heavy (non-hydrogen) atoms. The van der Waals surface area contributed by atoms with E-state index in [1.165, 1.54) is 18.2 Å². The second kappa shape index (κ2) is 10.4. The van der Waals surface area contributed by atoms with E-state index in [1.807, 2.05) is 0 Å². The number of halogens is 5. The van der Waals surface area contributed by atoms with Gasteiger partial charge >= 0.3 is 17.8 Å². The number of amides is 2. The normalized spacial score (nSPS) is 15.0. The van der Waals surface area contributed by atoms with Crippen molar-refractivity contribution >= 4 is 72.5 Å². The summed E-state index contributed by atoms with van der Waals surface area (Å²) in [7, 11) is 1.12. The van der Waals surface area contributed by atoms with Gasteiger partial charge in [0.15, 0.2) is 5.75 Å². The summed E-state index contributed by atoms with van der Waals surface area (Å²) < 4.78 is 49.3. The summed E-state index contributed by atoms with van der Waals surface area (Å²) in [5.41, 5.74) is -1.69. The first kappa shape index (κ1) is 26.7. The van der Waals surface area contributed by atoms with Gasteiger partial charge in [-0.3, -0.25) is 29.4 Å². The molecule has 1 heterocycles. The Morgan fingerprint density at radius 1 is 1.20 bits per heavy atom. The van der Waals surface area contributed by atoms with Crippen molar-refractivity contribution in [3.05, 3.63) is 65.4 Å². The minimum Gasteiger partial charge on any atom is -0.468 e. The fourth-order valence-corrected chi connectivity index (χ4v) is 5.00. The molecule has 0 bridgehead atoms. The van der Waals surface area contributed by atoms with E-state index in [9.17, 15) is 37.7 Å². The Hall–Kier alpha value is -2.91. The number of carbonyl (C=O) groups excluding carboxylic acids is 3. The van der Waals surface area contributed by atoms with Crippen LogP contribution in [0.1, 0.15) is 11.1 Å². The number of esters is 1. The van der Waals surface area contributed by atoms with Gasteiger partial charge in [-0.1, -0.05) is 0 Å². The Morgan fingerprint density at radius 2 is 1.83 bits per heavy atom. The molecule has 0 saturated carbocycles. The van der Waals surface area contributed by atoms with Crippen LogP contribution in [0.15, 0.2) is 44.2 Å². The van der Waals surface area contributed by atoms with Gasteiger partial charge in [0.2, 0.25) is 5.75 Å². The molecule has 0 atom stereocenters. The standard InChI is InChI=1S/C20H11Br2F3N2O7S/c1-33-16(28)8-26-18(29)15(35-19(26)30)6-9-4-11(21)17(12(22)5-9)34-14-3-2-10(20(23,24)25)7-13(14)27(31)32/h2-7H,8H2,1H3/b15-6-. The lowest BCUT2D eigenvalue weighted by Gasteiger charge is -2.13. The van der Waals surface area contributed by atoms with E-state index in [-0.39, 0.29) is 19.6 Å². The van der Waals surface area contributed by atoms with E-state index in [0.717, 1.165) is 18.1 Å². The summed E-state index contributed by atoms with van der Waals surface area (Å²) in [6, 6.07) is 4.79. The minimum absolute atomic E-state index is 0.0174. The third-order valence-electron chi connectivity index (χ3n) is 4.40. The van der Waals surface area contributed by atoms with Crippen LogP contribution in [0.25, 0.3) is 6.08 Å². The topological polar surface area (TPSA) is 116 Å². The highest BCUT2D eigenvalue weighted by Gasteiger charge is 2.37. The van der Waals surface area contributed by atoms with Gasteiger partial charge in [-0.25, -0.2) is 0 Å². The quantitative estimate of drug-likeness (QED) is 0.160. The lowest BCUT2D eigenvalue weighted by atomic mass is 10.1. The molecule has 0 aliphatic carbocycles. The van der Waals surface area contributed by atoms with Crippen molar-refractivity contribution in [2.75, 3.05) is 13.7 Å². The lowest BCUT2D eigenvalue weighted by Crippen LogP contribution is -2.34. The number of carbonyl (C=O) groups is 3. The van der Waals surface area contributed by atoms with Crippen molar-refractivity contribution in [1.82, 2.24) is 4.90 Å². The first-order valence-corrected chi connectivity index (χ1v) is 11.6. The predicted octanol–water partition coefficient (Wildman–Crippen LogP) is 6.14. The molecule has 3 rings (SSSR count). The molecule has 2 aromatic carbocycles. The van der Waals surface area contributed by atoms with Gasteiger partial charge in [0.05, 0.1) is 31.4 Å². The number of imide groups is 1. The highest BCUT2D eigenvalue weighted by Crippen LogP contribution is 2.43. The number of alkyl halides is 3. The molecule has 15 heteroatoms. The Kier molecular flexibility index (Phi) is 7.91. The minimum atomic E-state index is -4.77. The number of nitrogens with zero attached hydrogens (tertiary/aromatic N) is 2. The average Bonchev–Trinajstić information content (AvgIpc) is 3.02. The summed E-state index contributed by atoms with van der Waals surface area (Å²) in [5.74, 6) is -1.87. The lowest BCUT2D eigenvalue weighted by molar-refractivity contribution is -0.385. The van der Waals surface area contributed by atoms with Crippen molar-refractivity contribution in [2.24, 2.45) is 0 Å². The van der Waals surface area contributed by atoms with Gasteiger partial charge in [0.25, 0.3) is 11.1 Å². The molecule has 2 aromatic rings. The maximum atomic E-state index is 12.9. The SMILES string of the molecule is COC(=O)CN1C(=O)S/C(=C\c2cc(Br)c(Oc3ccc(C(F)(F)F)cc3[N+](=O)[O-])c(Br)c2)C1=O. The Labute approximate surface area is 215 Å². The van der Waals surface area contributed by atoms with E-state index < -0.39 is 51.8 Å². The number of rotatable bonds is 6. The summed E-state index contributed by atoms with van der Waals surface area (Å²) in [5, 5.41) is 10.7. The van der Waals surface area contributed by atoms with Gasteiger partial charge < -0.3 is 9.47 Å². The molecule has 0 spiro atoms. The number of ether oxygens (including phenoxy) is 2. The van der Waals surface area contributed by atoms with Crippen LogP contribution < -0.4 is 4.74 Å². The monoisotopic (exact) mass is 638 g/mol. The van der Waals surface area contributed by atoms with Crippen molar-refractivity contribution in [2.45, 2.75) is 6.18 Å². The van der Waals surface area contributed by atoms with E-state index in [0.29, 0.717) is 29.5 Å². The smallest absolute Gasteiger partial charge is 0.416 e. The van der Waals surface area contributed by atoms with E-state index in [1.54, 1.807) is 0 Å². The molecule has 0 aromatic heterocycles. The molecule has 0 radical (unpaired) electrons. The molecule has 2 amide bonds. The van der Waals surface area contributed by atoms with Crippen LogP contribution in [-0.4, -0.2) is 40.6 Å². The number of nitro benzene ring substituents is 1. The van der Waals surface area contributed by atoms with E-state index in [4.69, 9.17) is 4.74 Å². The van der Waals surface area contributed by atoms with Gasteiger partial charge in [-0.05, 0) is 79.5 Å². The summed E-state index contributed by atoms with van der Waals surface area (Å²) >= 11 is 7.08. The van der Waals surface area contributed by atoms with Gasteiger partial charge in [-0.15, -0.1) is 0 Å². The summed E-state index contributed by atoms with van der Waals surface area (Å²) in [4.78, 5) is 47.0. The fraction of sp³-hybridized carbons (Fsp3) is 0.150. The Bertz CT molecular complexity index is 1260. The largest absolute Gasteiger partial charge is 0.468 e. The van der Waals surface area contributed by atoms with Crippen LogP contribution in [0.4, 0.5) is 23.7 Å². The number of hydrogen-bond donors (Lipinski definition) is 0. The summed E-state index contributed by atoms with van der Waals surface area (Å²) in [6.07, 6.45) is -3.40. The van der Waals surface area contributed by atoms with E-state index in [2.05, 4.69) is 36.6 Å². The molecule has 0 unspecified atom stereocenters. The second-order valence-electron chi connectivity index (χ2n) is 6.70. The number of hydrogen-bond acceptors (Lipinski definition) is 8. The molecule has 1 aliphatic rings.